The molecule has 3 aromatic heterocycles. The zero-order chi connectivity index (χ0) is 42.2. The van der Waals surface area contributed by atoms with Crippen LogP contribution in [-0.4, -0.2) is 109 Å². The van der Waals surface area contributed by atoms with Crippen LogP contribution in [0.25, 0.3) is 33.2 Å². The molecule has 8 atom stereocenters. The molecule has 8 bridgehead atoms. The molecule has 0 amide bonds. The normalized spacial score (nSPS) is 23.9. The number of aliphatic hydroxyl groups is 4. The van der Waals surface area contributed by atoms with Crippen LogP contribution in [0.2, 0.25) is 0 Å². The molecule has 3 aliphatic rings. The van der Waals surface area contributed by atoms with E-state index in [1.165, 1.54) is 14.2 Å². The van der Waals surface area contributed by atoms with Crippen molar-refractivity contribution >= 4 is 56.9 Å². The summed E-state index contributed by atoms with van der Waals surface area (Å²) >= 11 is 1.13. The van der Waals surface area contributed by atoms with Crippen molar-refractivity contribution in [2.24, 2.45) is 0 Å². The van der Waals surface area contributed by atoms with E-state index in [0.717, 1.165) is 74.6 Å². The number of thioether (sulfide) groups is 1. The highest BCUT2D eigenvalue weighted by Crippen LogP contribution is 2.44. The monoisotopic (exact) mass is 820 g/mol. The summed E-state index contributed by atoms with van der Waals surface area (Å²) in [7, 11) is 2.68. The van der Waals surface area contributed by atoms with E-state index in [1.54, 1.807) is 0 Å². The highest BCUT2D eigenvalue weighted by molar-refractivity contribution is 7.99. The number of fused-ring (bicyclic) bond motifs is 8. The topological polar surface area (TPSA) is 209 Å². The predicted octanol–water partition coefficient (Wildman–Crippen LogP) is 5.57. The fourth-order valence-corrected chi connectivity index (χ4v) is 9.47. The second-order valence-electron chi connectivity index (χ2n) is 15.3. The molecule has 6 N–H and O–H groups in total. The molecule has 3 unspecified atom stereocenters. The van der Waals surface area contributed by atoms with Crippen LogP contribution in [0.5, 0.6) is 0 Å². The van der Waals surface area contributed by atoms with Crippen molar-refractivity contribution in [3.63, 3.8) is 0 Å². The highest BCUT2D eigenvalue weighted by atomic mass is 32.2. The summed E-state index contributed by atoms with van der Waals surface area (Å²) in [5.41, 5.74) is 10.3. The molecular weight excluding hydrogens is 765 g/mol. The average Bonchev–Trinajstić information content (AvgIpc) is 3.89. The number of hydrogen-bond donors (Lipinski definition) is 6. The van der Waals surface area contributed by atoms with Gasteiger partial charge in [0.25, 0.3) is 0 Å². The number of aryl methyl sites for hydroxylation is 3. The van der Waals surface area contributed by atoms with E-state index in [-0.39, 0.29) is 24.2 Å². The zero-order valence-corrected chi connectivity index (χ0v) is 35.5. The lowest BCUT2D eigenvalue weighted by molar-refractivity contribution is -0.205. The van der Waals surface area contributed by atoms with Crippen molar-refractivity contribution in [1.82, 2.24) is 19.9 Å². The van der Waals surface area contributed by atoms with E-state index < -0.39 is 54.5 Å². The number of methoxy groups -OCH3 is 2. The molecule has 0 spiro atoms. The smallest absolute Gasteiger partial charge is 0.340 e. The lowest BCUT2D eigenvalue weighted by atomic mass is 9.84. The van der Waals surface area contributed by atoms with Gasteiger partial charge >= 0.3 is 11.9 Å². The SMILES string of the molecule is CCC[C@@H]1c2nc(cc3[nH]c(cc4[nH]c(cc5nc(c2CC(=O)OC)C(C(=O)OC)=C5C)c(CC)c4C)c(C(C)OCS[C@@H]2OC(CO)[C@H](O)[C@H](O)C2O)c3C)[C@H]1C. The van der Waals surface area contributed by atoms with Crippen molar-refractivity contribution < 1.29 is 49.0 Å². The third kappa shape index (κ3) is 8.10. The number of aromatic nitrogens is 4. The summed E-state index contributed by atoms with van der Waals surface area (Å²) in [5.74, 6) is -1.08. The molecule has 314 valence electrons. The third-order valence-corrected chi connectivity index (χ3v) is 12.9. The quantitative estimate of drug-likeness (QED) is 0.0977. The number of H-pyrrole nitrogens is 2. The number of nitrogens with one attached hydrogen (secondary N) is 2. The molecule has 14 nitrogen and oxygen atoms in total. The van der Waals surface area contributed by atoms with Crippen LogP contribution >= 0.6 is 11.8 Å². The van der Waals surface area contributed by atoms with E-state index in [1.807, 2.05) is 32.9 Å². The summed E-state index contributed by atoms with van der Waals surface area (Å²) in [6.45, 7) is 13.7. The maximum Gasteiger partial charge on any atom is 0.340 e. The van der Waals surface area contributed by atoms with Gasteiger partial charge in [0, 0.05) is 50.7 Å². The molecule has 0 aromatic carbocycles. The van der Waals surface area contributed by atoms with Crippen molar-refractivity contribution in [3.8, 4) is 0 Å². The van der Waals surface area contributed by atoms with E-state index in [2.05, 4.69) is 43.7 Å². The average molecular weight is 821 g/mol. The second kappa shape index (κ2) is 18.0. The number of ether oxygens (including phenoxy) is 4. The van der Waals surface area contributed by atoms with E-state index in [9.17, 15) is 30.0 Å². The molecule has 6 heterocycles. The first kappa shape index (κ1) is 43.5. The number of esters is 2. The molecule has 3 aromatic rings. The number of aromatic amines is 2. The van der Waals surface area contributed by atoms with Crippen molar-refractivity contribution in [2.75, 3.05) is 26.8 Å². The van der Waals surface area contributed by atoms with Gasteiger partial charge in [-0.1, -0.05) is 39.0 Å². The Kier molecular flexibility index (Phi) is 13.5. The van der Waals surface area contributed by atoms with Crippen LogP contribution in [-0.2, 0) is 41.4 Å². The number of rotatable bonds is 12. The van der Waals surface area contributed by atoms with Gasteiger partial charge in [0.05, 0.1) is 61.9 Å². The van der Waals surface area contributed by atoms with E-state index >= 15 is 0 Å². The Morgan fingerprint density at radius 1 is 0.914 bits per heavy atom. The summed E-state index contributed by atoms with van der Waals surface area (Å²) in [5, 5.41) is 40.8. The lowest BCUT2D eigenvalue weighted by Crippen LogP contribution is -2.57. The molecule has 3 aliphatic heterocycles. The van der Waals surface area contributed by atoms with Crippen molar-refractivity contribution in [1.29, 1.82) is 0 Å². The minimum Gasteiger partial charge on any atom is -0.469 e. The maximum absolute atomic E-state index is 13.5. The summed E-state index contributed by atoms with van der Waals surface area (Å²) < 4.78 is 22.6. The molecule has 1 saturated heterocycles. The number of nitrogens with zero attached hydrogens (tertiary/aromatic N) is 2. The Bertz CT molecular complexity index is 2250. The van der Waals surface area contributed by atoms with E-state index in [4.69, 9.17) is 28.9 Å². The number of allylic oxidation sites excluding steroid dienone is 1. The Balaban J connectivity index is 1.59. The first-order valence-corrected chi connectivity index (χ1v) is 20.9. The molecule has 0 saturated carbocycles. The van der Waals surface area contributed by atoms with Gasteiger partial charge in [0.2, 0.25) is 0 Å². The molecule has 15 heteroatoms. The van der Waals surface area contributed by atoms with Crippen LogP contribution in [0.1, 0.15) is 116 Å². The Morgan fingerprint density at radius 3 is 2.28 bits per heavy atom. The van der Waals surface area contributed by atoms with Crippen LogP contribution in [0.4, 0.5) is 0 Å². The minimum atomic E-state index is -1.48. The van der Waals surface area contributed by atoms with Gasteiger partial charge < -0.3 is 49.3 Å². The predicted molar refractivity (Wildman–Crippen MR) is 222 cm³/mol. The first-order chi connectivity index (χ1) is 27.7. The van der Waals surface area contributed by atoms with Gasteiger partial charge in [-0.3, -0.25) is 9.78 Å². The standard InChI is InChI=1S/C43H56N4O10S/c1-10-12-25-20(4)28-14-29-21(5)35(23(7)56-18-58-43-41(52)40(51)39(50)33(17-48)57-43)32(45-29)16-27-19(3)24(11-2)31(44-27)15-30-22(6)36(42(53)55-9)38(47-30)26(37(25)46-28)13-34(49)54-8/h14-16,20,23,25,33,39-41,43-45,48,50-52H,10-13,17-18H2,1-9H3/t20-,23?,25-,33?,39-,40-,41?,43-/m0/s1. The fraction of sp³-hybridized carbons (Fsp3) is 0.535. The Morgan fingerprint density at radius 2 is 1.62 bits per heavy atom. The summed E-state index contributed by atoms with van der Waals surface area (Å²) in [6, 6.07) is 6.05. The van der Waals surface area contributed by atoms with Crippen LogP contribution in [0, 0.1) is 13.8 Å². The second-order valence-corrected chi connectivity index (χ2v) is 16.3. The summed E-state index contributed by atoms with van der Waals surface area (Å²) in [6.07, 6.45) is -3.55. The van der Waals surface area contributed by atoms with Crippen LogP contribution < -0.4 is 0 Å². The zero-order valence-electron chi connectivity index (χ0n) is 34.6. The Hall–Kier alpha value is -4.09. The molecule has 1 fully saturated rings. The van der Waals surface area contributed by atoms with Crippen LogP contribution in [0.3, 0.4) is 0 Å². The minimum absolute atomic E-state index is 0.0518. The molecule has 6 rings (SSSR count). The Labute approximate surface area is 342 Å². The maximum atomic E-state index is 13.5. The largest absolute Gasteiger partial charge is 0.469 e. The number of aliphatic hydroxyl groups excluding tert-OH is 4. The molecule has 0 radical (unpaired) electrons. The number of hydrogen-bond acceptors (Lipinski definition) is 13. The van der Waals surface area contributed by atoms with Gasteiger partial charge in [-0.05, 0) is 81.0 Å². The van der Waals surface area contributed by atoms with E-state index in [0.29, 0.717) is 40.2 Å². The number of carbonyl (C=O) groups excluding carboxylic acids is 2. The van der Waals surface area contributed by atoms with Gasteiger partial charge in [-0.15, -0.1) is 0 Å². The number of carbonyl (C=O) groups is 2. The highest BCUT2D eigenvalue weighted by Gasteiger charge is 2.43. The van der Waals surface area contributed by atoms with Crippen molar-refractivity contribution in [3.05, 3.63) is 68.8 Å². The van der Waals surface area contributed by atoms with Crippen LogP contribution in [0.15, 0.2) is 18.2 Å². The molecular formula is C43H56N4O10S. The van der Waals surface area contributed by atoms with Gasteiger partial charge in [0.1, 0.15) is 29.9 Å². The lowest BCUT2D eigenvalue weighted by Gasteiger charge is -2.39. The van der Waals surface area contributed by atoms with Crippen molar-refractivity contribution in [2.45, 2.75) is 122 Å². The fourth-order valence-electron chi connectivity index (χ4n) is 8.47. The van der Waals surface area contributed by atoms with Gasteiger partial charge in [-0.2, -0.15) is 0 Å². The van der Waals surface area contributed by atoms with Gasteiger partial charge in [0.15, 0.2) is 0 Å². The molecule has 0 aliphatic carbocycles. The summed E-state index contributed by atoms with van der Waals surface area (Å²) in [4.78, 5) is 44.3. The first-order valence-electron chi connectivity index (χ1n) is 19.8. The third-order valence-electron chi connectivity index (χ3n) is 11.9. The molecule has 58 heavy (non-hydrogen) atoms. The van der Waals surface area contributed by atoms with Gasteiger partial charge in [-0.25, -0.2) is 9.78 Å².